The van der Waals surface area contributed by atoms with Crippen LogP contribution in [0.25, 0.3) is 27.6 Å². The van der Waals surface area contributed by atoms with Crippen LogP contribution in [-0.4, -0.2) is 14.8 Å². The smallest absolute Gasteiger partial charge is 0.130 e. The predicted octanol–water partition coefficient (Wildman–Crippen LogP) is 4.32. The fourth-order valence-corrected chi connectivity index (χ4v) is 3.67. The van der Waals surface area contributed by atoms with Crippen LogP contribution in [0.15, 0.2) is 67.6 Å². The van der Waals surface area contributed by atoms with Crippen LogP contribution in [0.2, 0.25) is 0 Å². The Bertz CT molecular complexity index is 1200. The molecule has 0 atom stereocenters. The lowest BCUT2D eigenvalue weighted by Gasteiger charge is -2.11. The number of hydrogen-bond donors (Lipinski definition) is 2. The third-order valence-electron chi connectivity index (χ3n) is 5.22. The Labute approximate surface area is 163 Å². The van der Waals surface area contributed by atoms with Crippen molar-refractivity contribution in [1.29, 1.82) is 0 Å². The van der Waals surface area contributed by atoms with E-state index in [1.54, 1.807) is 0 Å². The highest BCUT2D eigenvalue weighted by Crippen LogP contribution is 2.27. The third-order valence-corrected chi connectivity index (χ3v) is 5.22. The topological polar surface area (TPSA) is 54.8 Å². The quantitative estimate of drug-likeness (QED) is 0.564. The number of nitrogens with zero attached hydrogens (tertiary/aromatic N) is 3. The van der Waals surface area contributed by atoms with E-state index in [-0.39, 0.29) is 0 Å². The van der Waals surface area contributed by atoms with Crippen LogP contribution >= 0.6 is 0 Å². The summed E-state index contributed by atoms with van der Waals surface area (Å²) < 4.78 is 1.81. The molecule has 0 saturated carbocycles. The van der Waals surface area contributed by atoms with Crippen LogP contribution in [0.4, 0.5) is 5.82 Å². The van der Waals surface area contributed by atoms with Crippen molar-refractivity contribution >= 4 is 22.3 Å². The Hall–Kier alpha value is -3.44. The van der Waals surface area contributed by atoms with Gasteiger partial charge in [-0.25, -0.2) is 4.98 Å². The lowest BCUT2D eigenvalue weighted by molar-refractivity contribution is 0.765. The van der Waals surface area contributed by atoms with Gasteiger partial charge in [-0.15, -0.1) is 0 Å². The molecule has 138 valence electrons. The summed E-state index contributed by atoms with van der Waals surface area (Å²) >= 11 is 0. The van der Waals surface area contributed by atoms with Gasteiger partial charge in [-0.2, -0.15) is 5.10 Å². The molecule has 5 heteroatoms. The molecule has 5 rings (SSSR count). The first kappa shape index (κ1) is 16.7. The van der Waals surface area contributed by atoms with Crippen molar-refractivity contribution in [3.8, 4) is 11.1 Å². The van der Waals surface area contributed by atoms with Gasteiger partial charge in [0.1, 0.15) is 5.82 Å². The van der Waals surface area contributed by atoms with Gasteiger partial charge in [0, 0.05) is 49.2 Å². The first-order chi connectivity index (χ1) is 13.7. The highest BCUT2D eigenvalue weighted by molar-refractivity contribution is 5.89. The van der Waals surface area contributed by atoms with Gasteiger partial charge in [0.15, 0.2) is 0 Å². The summed E-state index contributed by atoms with van der Waals surface area (Å²) in [7, 11) is 1.93. The Balaban J connectivity index is 1.43. The summed E-state index contributed by atoms with van der Waals surface area (Å²) in [5.41, 5.74) is 6.89. The number of nitrogens with one attached hydrogen (secondary N) is 2. The summed E-state index contributed by atoms with van der Waals surface area (Å²) in [6, 6.07) is 14.9. The molecule has 2 aromatic carbocycles. The van der Waals surface area contributed by atoms with Crippen LogP contribution in [0.1, 0.15) is 16.7 Å². The normalized spacial score (nSPS) is 12.9. The van der Waals surface area contributed by atoms with E-state index in [4.69, 9.17) is 0 Å². The molecular formula is C23H21N5. The molecule has 0 amide bonds. The summed E-state index contributed by atoms with van der Waals surface area (Å²) in [6.07, 6.45) is 5.79. The Morgan fingerprint density at radius 1 is 1.00 bits per heavy atom. The number of benzene rings is 2. The van der Waals surface area contributed by atoms with E-state index >= 15 is 0 Å². The minimum atomic E-state index is 0.791. The zero-order chi connectivity index (χ0) is 19.1. The number of aryl methyl sites for hydroxylation is 1. The van der Waals surface area contributed by atoms with Crippen LogP contribution in [0.5, 0.6) is 0 Å². The second kappa shape index (κ2) is 6.62. The summed E-state index contributed by atoms with van der Waals surface area (Å²) in [5, 5.41) is 13.2. The van der Waals surface area contributed by atoms with Crippen molar-refractivity contribution in [3.05, 3.63) is 84.3 Å². The Kier molecular flexibility index (Phi) is 3.95. The maximum absolute atomic E-state index is 4.55. The highest BCUT2D eigenvalue weighted by atomic mass is 15.2. The van der Waals surface area contributed by atoms with Crippen molar-refractivity contribution in [1.82, 2.24) is 20.1 Å². The lowest BCUT2D eigenvalue weighted by Crippen LogP contribution is -2.01. The van der Waals surface area contributed by atoms with Crippen LogP contribution in [-0.2, 0) is 20.1 Å². The maximum atomic E-state index is 4.55. The molecule has 1 aliphatic rings. The molecule has 0 fully saturated rings. The summed E-state index contributed by atoms with van der Waals surface area (Å²) in [4.78, 5) is 4.55. The number of rotatable bonds is 4. The molecule has 0 spiro atoms. The van der Waals surface area contributed by atoms with E-state index in [0.29, 0.717) is 0 Å². The van der Waals surface area contributed by atoms with E-state index in [1.165, 1.54) is 11.1 Å². The largest absolute Gasteiger partial charge is 0.340 e. The molecule has 0 bridgehead atoms. The molecule has 0 saturated heterocycles. The summed E-state index contributed by atoms with van der Waals surface area (Å²) in [5.74, 6) is 0.791. The van der Waals surface area contributed by atoms with E-state index in [1.807, 2.05) is 30.3 Å². The molecule has 5 nitrogen and oxygen atoms in total. The van der Waals surface area contributed by atoms with Crippen molar-refractivity contribution in [2.24, 2.45) is 7.05 Å². The molecule has 3 heterocycles. The predicted molar refractivity (Wildman–Crippen MR) is 114 cm³/mol. The van der Waals surface area contributed by atoms with Gasteiger partial charge in [0.25, 0.3) is 0 Å². The van der Waals surface area contributed by atoms with Crippen molar-refractivity contribution in [2.45, 2.75) is 13.1 Å². The van der Waals surface area contributed by atoms with E-state index in [0.717, 1.165) is 52.1 Å². The second-order valence-electron chi connectivity index (χ2n) is 7.22. The molecule has 0 unspecified atom stereocenters. The SMILES string of the molecule is C=C(Nc1cc2cc(-c3cnn(C)c3)ccc2cn1)c1ccc2c(c1)CNC2. The zero-order valence-electron chi connectivity index (χ0n) is 15.7. The number of hydrogen-bond acceptors (Lipinski definition) is 4. The standard InChI is InChI=1S/C23H21N5/c1-15(16-3-5-18-10-24-11-21(18)7-16)27-23-9-20-8-17(4-6-19(20)12-25-23)22-13-26-28(2)14-22/h3-9,12-14,24H,1,10-11H2,2H3,(H,25,27). The van der Waals surface area contributed by atoms with Gasteiger partial charge in [-0.3, -0.25) is 4.68 Å². The van der Waals surface area contributed by atoms with Crippen molar-refractivity contribution in [3.63, 3.8) is 0 Å². The van der Waals surface area contributed by atoms with Gasteiger partial charge in [-0.05, 0) is 45.8 Å². The second-order valence-corrected chi connectivity index (χ2v) is 7.22. The lowest BCUT2D eigenvalue weighted by atomic mass is 10.0. The monoisotopic (exact) mass is 367 g/mol. The zero-order valence-corrected chi connectivity index (χ0v) is 15.7. The van der Waals surface area contributed by atoms with E-state index in [2.05, 4.69) is 69.8 Å². The molecule has 1 aliphatic heterocycles. The average Bonchev–Trinajstić information content (AvgIpc) is 3.35. The van der Waals surface area contributed by atoms with Crippen LogP contribution in [0.3, 0.4) is 0 Å². The summed E-state index contributed by atoms with van der Waals surface area (Å²) in [6.45, 7) is 6.08. The molecule has 2 N–H and O–H groups in total. The first-order valence-corrected chi connectivity index (χ1v) is 9.33. The van der Waals surface area contributed by atoms with Gasteiger partial charge >= 0.3 is 0 Å². The van der Waals surface area contributed by atoms with Gasteiger partial charge in [0.05, 0.1) is 6.20 Å². The molecule has 4 aromatic rings. The minimum absolute atomic E-state index is 0.791. The molecule has 0 radical (unpaired) electrons. The number of aromatic nitrogens is 3. The molecule has 28 heavy (non-hydrogen) atoms. The van der Waals surface area contributed by atoms with Crippen molar-refractivity contribution in [2.75, 3.05) is 5.32 Å². The Morgan fingerprint density at radius 2 is 1.89 bits per heavy atom. The minimum Gasteiger partial charge on any atom is -0.340 e. The van der Waals surface area contributed by atoms with Crippen LogP contribution < -0.4 is 10.6 Å². The molecule has 0 aliphatic carbocycles. The molecule has 2 aromatic heterocycles. The maximum Gasteiger partial charge on any atom is 0.130 e. The molecular weight excluding hydrogens is 346 g/mol. The van der Waals surface area contributed by atoms with E-state index in [9.17, 15) is 0 Å². The number of fused-ring (bicyclic) bond motifs is 2. The van der Waals surface area contributed by atoms with E-state index < -0.39 is 0 Å². The van der Waals surface area contributed by atoms with Gasteiger partial charge < -0.3 is 10.6 Å². The van der Waals surface area contributed by atoms with Gasteiger partial charge in [0.2, 0.25) is 0 Å². The fraction of sp³-hybridized carbons (Fsp3) is 0.130. The van der Waals surface area contributed by atoms with Crippen molar-refractivity contribution < 1.29 is 0 Å². The first-order valence-electron chi connectivity index (χ1n) is 9.33. The fourth-order valence-electron chi connectivity index (χ4n) is 3.67. The van der Waals surface area contributed by atoms with Gasteiger partial charge in [-0.1, -0.05) is 30.8 Å². The Morgan fingerprint density at radius 3 is 2.75 bits per heavy atom. The highest BCUT2D eigenvalue weighted by Gasteiger charge is 2.11. The number of anilines is 1. The third kappa shape index (κ3) is 3.06. The van der Waals surface area contributed by atoms with Crippen LogP contribution in [0, 0.1) is 0 Å². The number of pyridine rings is 1. The average molecular weight is 367 g/mol.